The van der Waals surface area contributed by atoms with Gasteiger partial charge in [0.15, 0.2) is 5.96 Å². The molecule has 2 rings (SSSR count). The summed E-state index contributed by atoms with van der Waals surface area (Å²) in [5.74, 6) is 1.60. The largest absolute Gasteiger partial charge is 0.496 e. The average Bonchev–Trinajstić information content (AvgIpc) is 2.63. The first kappa shape index (κ1) is 23.0. The maximum atomic E-state index is 11.9. The lowest BCUT2D eigenvalue weighted by molar-refractivity contribution is -0.149. The first-order valence-corrected chi connectivity index (χ1v) is 9.33. The van der Waals surface area contributed by atoms with Crippen molar-refractivity contribution in [2.45, 2.75) is 26.3 Å². The second-order valence-electron chi connectivity index (χ2n) is 5.87. The molecule has 6 nitrogen and oxygen atoms in total. The van der Waals surface area contributed by atoms with Crippen molar-refractivity contribution in [1.82, 2.24) is 10.2 Å². The first-order valence-electron chi connectivity index (χ1n) is 8.53. The number of ether oxygens (including phenoxy) is 2. The lowest BCUT2D eigenvalue weighted by atomic mass is 9.97. The summed E-state index contributed by atoms with van der Waals surface area (Å²) in [6, 6.07) is 5.93. The topological polar surface area (TPSA) is 63.2 Å². The number of nitrogens with one attached hydrogen (secondary N) is 1. The molecule has 0 amide bonds. The number of benzene rings is 1. The zero-order valence-electron chi connectivity index (χ0n) is 15.5. The smallest absolute Gasteiger partial charge is 0.309 e. The molecule has 0 bridgehead atoms. The molecule has 0 aliphatic carbocycles. The molecular weight excluding hydrogens is 513 g/mol. The van der Waals surface area contributed by atoms with E-state index >= 15 is 0 Å². The molecule has 0 radical (unpaired) electrons. The van der Waals surface area contributed by atoms with Crippen LogP contribution in [-0.2, 0) is 16.1 Å². The summed E-state index contributed by atoms with van der Waals surface area (Å²) < 4.78 is 11.5. The third-order valence-electron chi connectivity index (χ3n) is 4.31. The van der Waals surface area contributed by atoms with Crippen LogP contribution in [0.25, 0.3) is 0 Å². The Morgan fingerprint density at radius 3 is 2.65 bits per heavy atom. The Labute approximate surface area is 180 Å². The number of nitrogens with zero attached hydrogens (tertiary/aromatic N) is 2. The van der Waals surface area contributed by atoms with Gasteiger partial charge in [0.1, 0.15) is 5.75 Å². The zero-order chi connectivity index (χ0) is 18.2. The van der Waals surface area contributed by atoms with Crippen LogP contribution in [-0.4, -0.2) is 50.7 Å². The second-order valence-corrected chi connectivity index (χ2v) is 6.79. The minimum Gasteiger partial charge on any atom is -0.496 e. The number of piperidine rings is 1. The predicted molar refractivity (Wildman–Crippen MR) is 117 cm³/mol. The third kappa shape index (κ3) is 6.29. The van der Waals surface area contributed by atoms with E-state index in [-0.39, 0.29) is 35.9 Å². The van der Waals surface area contributed by atoms with Gasteiger partial charge >= 0.3 is 5.97 Å². The fraction of sp³-hybridized carbons (Fsp3) is 0.556. The van der Waals surface area contributed by atoms with Gasteiger partial charge in [0.25, 0.3) is 0 Å². The van der Waals surface area contributed by atoms with Crippen LogP contribution in [0.2, 0.25) is 0 Å². The van der Waals surface area contributed by atoms with Gasteiger partial charge < -0.3 is 19.7 Å². The molecule has 1 aliphatic rings. The summed E-state index contributed by atoms with van der Waals surface area (Å²) in [7, 11) is 3.44. The molecule has 0 atom stereocenters. The van der Waals surface area contributed by atoms with E-state index in [0.29, 0.717) is 13.2 Å². The Morgan fingerprint density at radius 2 is 2.08 bits per heavy atom. The molecule has 146 valence electrons. The van der Waals surface area contributed by atoms with E-state index in [1.54, 1.807) is 14.2 Å². The van der Waals surface area contributed by atoms with Gasteiger partial charge in [-0.25, -0.2) is 0 Å². The van der Waals surface area contributed by atoms with Gasteiger partial charge in [-0.15, -0.1) is 24.0 Å². The molecule has 8 heteroatoms. The van der Waals surface area contributed by atoms with Gasteiger partial charge in [-0.05, 0) is 38.0 Å². The summed E-state index contributed by atoms with van der Waals surface area (Å²) >= 11 is 3.49. The van der Waals surface area contributed by atoms with Crippen LogP contribution in [0.15, 0.2) is 27.7 Å². The molecule has 1 N–H and O–H groups in total. The van der Waals surface area contributed by atoms with E-state index < -0.39 is 0 Å². The normalized spacial score (nSPS) is 15.2. The highest BCUT2D eigenvalue weighted by atomic mass is 127. The molecular formula is C18H27BrIN3O3. The van der Waals surface area contributed by atoms with Crippen molar-refractivity contribution in [3.63, 3.8) is 0 Å². The quantitative estimate of drug-likeness (QED) is 0.269. The molecule has 1 heterocycles. The van der Waals surface area contributed by atoms with Crippen molar-refractivity contribution in [1.29, 1.82) is 0 Å². The van der Waals surface area contributed by atoms with E-state index in [2.05, 4.69) is 31.1 Å². The minimum atomic E-state index is -0.0797. The molecule has 0 unspecified atom stereocenters. The number of carbonyl (C=O) groups excluding carboxylic acids is 1. The van der Waals surface area contributed by atoms with Gasteiger partial charge in [-0.1, -0.05) is 15.9 Å². The molecule has 26 heavy (non-hydrogen) atoms. The number of hydrogen-bond donors (Lipinski definition) is 1. The van der Waals surface area contributed by atoms with Crippen molar-refractivity contribution in [3.05, 3.63) is 28.2 Å². The molecule has 0 aromatic heterocycles. The van der Waals surface area contributed by atoms with Crippen molar-refractivity contribution in [2.75, 3.05) is 33.9 Å². The summed E-state index contributed by atoms with van der Waals surface area (Å²) in [5, 5.41) is 3.39. The van der Waals surface area contributed by atoms with Crippen molar-refractivity contribution in [3.8, 4) is 5.75 Å². The fourth-order valence-electron chi connectivity index (χ4n) is 2.98. The standard InChI is InChI=1S/C18H26BrN3O3.HI/c1-4-25-17(23)13-7-9-22(10-8-13)18(20-2)21-12-14-11-15(19)5-6-16(14)24-3;/h5-6,11,13H,4,7-10,12H2,1-3H3,(H,20,21);1H. The number of halogens is 2. The van der Waals surface area contributed by atoms with Crippen molar-refractivity contribution < 1.29 is 14.3 Å². The van der Waals surface area contributed by atoms with Gasteiger partial charge in [0.05, 0.1) is 19.6 Å². The Kier molecular flexibility index (Phi) is 10.3. The van der Waals surface area contributed by atoms with E-state index in [4.69, 9.17) is 9.47 Å². The molecule has 1 aromatic carbocycles. The minimum absolute atomic E-state index is 0. The molecule has 1 aromatic rings. The predicted octanol–water partition coefficient (Wildman–Crippen LogP) is 3.43. The Morgan fingerprint density at radius 1 is 1.38 bits per heavy atom. The van der Waals surface area contributed by atoms with Crippen LogP contribution in [0, 0.1) is 5.92 Å². The highest BCUT2D eigenvalue weighted by Gasteiger charge is 2.27. The van der Waals surface area contributed by atoms with Crippen LogP contribution < -0.4 is 10.1 Å². The zero-order valence-corrected chi connectivity index (χ0v) is 19.4. The molecule has 0 saturated carbocycles. The summed E-state index contributed by atoms with van der Waals surface area (Å²) in [6.45, 7) is 4.48. The van der Waals surface area contributed by atoms with Crippen molar-refractivity contribution >= 4 is 51.8 Å². The average molecular weight is 540 g/mol. The third-order valence-corrected chi connectivity index (χ3v) is 4.80. The highest BCUT2D eigenvalue weighted by molar-refractivity contribution is 14.0. The lowest BCUT2D eigenvalue weighted by Gasteiger charge is -2.33. The first-order chi connectivity index (χ1) is 12.1. The SMILES string of the molecule is CCOC(=O)C1CCN(C(=NC)NCc2cc(Br)ccc2OC)CC1.I. The van der Waals surface area contributed by atoms with Crippen molar-refractivity contribution in [2.24, 2.45) is 10.9 Å². The summed E-state index contributed by atoms with van der Waals surface area (Å²) in [5.41, 5.74) is 1.06. The van der Waals surface area contributed by atoms with Gasteiger partial charge in [0.2, 0.25) is 0 Å². The maximum Gasteiger partial charge on any atom is 0.309 e. The van der Waals surface area contributed by atoms with E-state index in [0.717, 1.165) is 47.7 Å². The number of guanidine groups is 1. The Hall–Kier alpha value is -1.03. The number of hydrogen-bond acceptors (Lipinski definition) is 4. The Bertz CT molecular complexity index is 620. The van der Waals surface area contributed by atoms with Crippen LogP contribution in [0.4, 0.5) is 0 Å². The Balaban J connectivity index is 0.00000338. The monoisotopic (exact) mass is 539 g/mol. The molecule has 0 spiro atoms. The van der Waals surface area contributed by atoms with Crippen LogP contribution >= 0.6 is 39.9 Å². The van der Waals surface area contributed by atoms with Gasteiger partial charge in [0, 0.05) is 36.7 Å². The molecule has 1 aliphatic heterocycles. The molecule has 1 fully saturated rings. The van der Waals surface area contributed by atoms with Crippen LogP contribution in [0.3, 0.4) is 0 Å². The fourth-order valence-corrected chi connectivity index (χ4v) is 3.39. The van der Waals surface area contributed by atoms with Crippen LogP contribution in [0.1, 0.15) is 25.3 Å². The lowest BCUT2D eigenvalue weighted by Crippen LogP contribution is -2.46. The highest BCUT2D eigenvalue weighted by Crippen LogP contribution is 2.23. The van der Waals surface area contributed by atoms with E-state index in [1.165, 1.54) is 0 Å². The molecule has 1 saturated heterocycles. The summed E-state index contributed by atoms with van der Waals surface area (Å²) in [4.78, 5) is 18.4. The number of methoxy groups -OCH3 is 1. The number of esters is 1. The number of carbonyl (C=O) groups is 1. The van der Waals surface area contributed by atoms with E-state index in [9.17, 15) is 4.79 Å². The number of likely N-dealkylation sites (tertiary alicyclic amines) is 1. The number of aliphatic imine (C=N–C) groups is 1. The van der Waals surface area contributed by atoms with Gasteiger partial charge in [-0.3, -0.25) is 9.79 Å². The van der Waals surface area contributed by atoms with Gasteiger partial charge in [-0.2, -0.15) is 0 Å². The maximum absolute atomic E-state index is 11.9. The summed E-state index contributed by atoms with van der Waals surface area (Å²) in [6.07, 6.45) is 1.58. The van der Waals surface area contributed by atoms with E-state index in [1.807, 2.05) is 25.1 Å². The number of rotatable bonds is 5. The second kappa shape index (κ2) is 11.6. The van der Waals surface area contributed by atoms with Crippen LogP contribution in [0.5, 0.6) is 5.75 Å².